The summed E-state index contributed by atoms with van der Waals surface area (Å²) in [5.41, 5.74) is -1.17. The van der Waals surface area contributed by atoms with Gasteiger partial charge < -0.3 is 14.7 Å². The summed E-state index contributed by atoms with van der Waals surface area (Å²) in [6.07, 6.45) is 0. The van der Waals surface area contributed by atoms with Crippen LogP contribution in [0, 0.1) is 0 Å². The molecule has 0 aliphatic heterocycles. The Morgan fingerprint density at radius 2 is 1.81 bits per heavy atom. The van der Waals surface area contributed by atoms with E-state index >= 15 is 0 Å². The Balaban J connectivity index is 2.90. The van der Waals surface area contributed by atoms with Gasteiger partial charge in [-0.3, -0.25) is 9.59 Å². The van der Waals surface area contributed by atoms with Crippen molar-refractivity contribution in [1.82, 2.24) is 4.90 Å². The molecule has 0 unspecified atom stereocenters. The van der Waals surface area contributed by atoms with Crippen LogP contribution in [-0.4, -0.2) is 40.1 Å². The molecule has 1 rings (SSSR count). The zero-order chi connectivity index (χ0) is 16.2. The maximum Gasteiger partial charge on any atom is 0.323 e. The van der Waals surface area contributed by atoms with Crippen molar-refractivity contribution in [1.29, 1.82) is 0 Å². The number of carbonyl (C=O) groups excluding carboxylic acids is 1. The number of hydrogen-bond donors (Lipinski definition) is 1. The summed E-state index contributed by atoms with van der Waals surface area (Å²) in [7, 11) is 0. The van der Waals surface area contributed by atoms with Crippen LogP contribution in [0.3, 0.4) is 0 Å². The van der Waals surface area contributed by atoms with Crippen LogP contribution in [0.25, 0.3) is 0 Å². The highest BCUT2D eigenvalue weighted by Crippen LogP contribution is 2.23. The molecule has 0 atom stereocenters. The van der Waals surface area contributed by atoms with Gasteiger partial charge >= 0.3 is 5.97 Å². The first-order valence-corrected chi connectivity index (χ1v) is 6.98. The second kappa shape index (κ2) is 6.80. The molecule has 0 saturated heterocycles. The summed E-state index contributed by atoms with van der Waals surface area (Å²) in [6.45, 7) is 6.39. The van der Waals surface area contributed by atoms with Crippen molar-refractivity contribution in [3.8, 4) is 5.75 Å². The number of rotatable bonds is 6. The molecule has 0 spiro atoms. The van der Waals surface area contributed by atoms with Crippen LogP contribution in [0.2, 0.25) is 5.02 Å². The molecular weight excluding hydrogens is 294 g/mol. The highest BCUT2D eigenvalue weighted by atomic mass is 35.5. The zero-order valence-electron chi connectivity index (χ0n) is 12.6. The third-order valence-corrected chi connectivity index (χ3v) is 3.14. The summed E-state index contributed by atoms with van der Waals surface area (Å²) in [5, 5.41) is 9.49. The minimum atomic E-state index is -1.17. The van der Waals surface area contributed by atoms with Crippen LogP contribution in [0.15, 0.2) is 24.3 Å². The standard InChI is InChI=1S/C15H20ClNO4/c1-10(2)17(9-13(18)19)14(20)15(3,4)21-12-7-5-11(16)6-8-12/h5-8,10H,9H2,1-4H3,(H,18,19). The van der Waals surface area contributed by atoms with Crippen molar-refractivity contribution in [2.75, 3.05) is 6.54 Å². The predicted octanol–water partition coefficient (Wildman–Crippen LogP) is 2.82. The lowest BCUT2D eigenvalue weighted by Crippen LogP contribution is -2.52. The summed E-state index contributed by atoms with van der Waals surface area (Å²) in [5.74, 6) is -0.939. The molecule has 1 N–H and O–H groups in total. The number of amides is 1. The van der Waals surface area contributed by atoms with E-state index in [2.05, 4.69) is 0 Å². The monoisotopic (exact) mass is 313 g/mol. The average Bonchev–Trinajstić information content (AvgIpc) is 2.37. The molecule has 1 amide bonds. The second-order valence-corrected chi connectivity index (χ2v) is 5.92. The molecule has 0 saturated carbocycles. The van der Waals surface area contributed by atoms with E-state index in [1.165, 1.54) is 4.90 Å². The molecule has 0 aliphatic carbocycles. The smallest absolute Gasteiger partial charge is 0.323 e. The Morgan fingerprint density at radius 3 is 2.24 bits per heavy atom. The Kier molecular flexibility index (Phi) is 5.61. The lowest BCUT2D eigenvalue weighted by Gasteiger charge is -2.33. The Hall–Kier alpha value is -1.75. The Bertz CT molecular complexity index is 511. The molecule has 0 aliphatic rings. The van der Waals surface area contributed by atoms with E-state index in [-0.39, 0.29) is 18.5 Å². The number of hydrogen-bond acceptors (Lipinski definition) is 3. The van der Waals surface area contributed by atoms with Gasteiger partial charge in [0.2, 0.25) is 0 Å². The van der Waals surface area contributed by atoms with Gasteiger partial charge in [-0.2, -0.15) is 0 Å². The van der Waals surface area contributed by atoms with Crippen LogP contribution in [0.1, 0.15) is 27.7 Å². The fourth-order valence-electron chi connectivity index (χ4n) is 1.82. The first kappa shape index (κ1) is 17.3. The second-order valence-electron chi connectivity index (χ2n) is 5.49. The lowest BCUT2D eigenvalue weighted by atomic mass is 10.1. The van der Waals surface area contributed by atoms with Crippen LogP contribution < -0.4 is 4.74 Å². The van der Waals surface area contributed by atoms with E-state index in [4.69, 9.17) is 21.4 Å². The summed E-state index contributed by atoms with van der Waals surface area (Å²) in [4.78, 5) is 24.7. The molecular formula is C15H20ClNO4. The van der Waals surface area contributed by atoms with Crippen molar-refractivity contribution < 1.29 is 19.4 Å². The number of aliphatic carboxylic acids is 1. The number of nitrogens with zero attached hydrogens (tertiary/aromatic N) is 1. The molecule has 0 heterocycles. The van der Waals surface area contributed by atoms with E-state index in [0.29, 0.717) is 10.8 Å². The average molecular weight is 314 g/mol. The van der Waals surface area contributed by atoms with Gasteiger partial charge in [-0.15, -0.1) is 0 Å². The minimum Gasteiger partial charge on any atom is -0.480 e. The van der Waals surface area contributed by atoms with Gasteiger partial charge in [0.1, 0.15) is 12.3 Å². The number of carbonyl (C=O) groups is 2. The number of carboxylic acids is 1. The fourth-order valence-corrected chi connectivity index (χ4v) is 1.95. The normalized spacial score (nSPS) is 11.3. The highest BCUT2D eigenvalue weighted by Gasteiger charge is 2.36. The number of benzene rings is 1. The topological polar surface area (TPSA) is 66.8 Å². The van der Waals surface area contributed by atoms with Crippen molar-refractivity contribution in [2.45, 2.75) is 39.3 Å². The van der Waals surface area contributed by atoms with Gasteiger partial charge in [0, 0.05) is 11.1 Å². The fraction of sp³-hybridized carbons (Fsp3) is 0.467. The predicted molar refractivity (Wildman–Crippen MR) is 80.6 cm³/mol. The molecule has 116 valence electrons. The van der Waals surface area contributed by atoms with E-state index in [1.54, 1.807) is 52.0 Å². The minimum absolute atomic E-state index is 0.235. The first-order chi connectivity index (χ1) is 9.63. The van der Waals surface area contributed by atoms with Gasteiger partial charge in [0.15, 0.2) is 5.60 Å². The maximum absolute atomic E-state index is 12.5. The molecule has 5 nitrogen and oxygen atoms in total. The molecule has 0 fully saturated rings. The van der Waals surface area contributed by atoms with Gasteiger partial charge in [-0.05, 0) is 52.0 Å². The van der Waals surface area contributed by atoms with Crippen molar-refractivity contribution in [3.63, 3.8) is 0 Å². The van der Waals surface area contributed by atoms with E-state index in [9.17, 15) is 9.59 Å². The molecule has 0 bridgehead atoms. The SMILES string of the molecule is CC(C)N(CC(=O)O)C(=O)C(C)(C)Oc1ccc(Cl)cc1. The van der Waals surface area contributed by atoms with E-state index in [1.807, 2.05) is 0 Å². The molecule has 0 aromatic heterocycles. The molecule has 6 heteroatoms. The first-order valence-electron chi connectivity index (χ1n) is 6.61. The van der Waals surface area contributed by atoms with E-state index < -0.39 is 11.6 Å². The lowest BCUT2D eigenvalue weighted by molar-refractivity contribution is -0.153. The third kappa shape index (κ3) is 4.93. The Morgan fingerprint density at radius 1 is 1.29 bits per heavy atom. The van der Waals surface area contributed by atoms with Crippen molar-refractivity contribution in [2.24, 2.45) is 0 Å². The van der Waals surface area contributed by atoms with Gasteiger partial charge in [0.25, 0.3) is 5.91 Å². The highest BCUT2D eigenvalue weighted by molar-refractivity contribution is 6.30. The van der Waals surface area contributed by atoms with Gasteiger partial charge in [0.05, 0.1) is 0 Å². The molecule has 1 aromatic rings. The Labute approximate surface area is 129 Å². The van der Waals surface area contributed by atoms with Crippen LogP contribution in [0.4, 0.5) is 0 Å². The molecule has 21 heavy (non-hydrogen) atoms. The number of halogens is 1. The number of ether oxygens (including phenoxy) is 1. The summed E-state index contributed by atoms with van der Waals surface area (Å²) < 4.78 is 5.69. The van der Waals surface area contributed by atoms with Crippen molar-refractivity contribution >= 4 is 23.5 Å². The maximum atomic E-state index is 12.5. The quantitative estimate of drug-likeness (QED) is 0.877. The summed E-state index contributed by atoms with van der Waals surface area (Å²) in [6, 6.07) is 6.41. The van der Waals surface area contributed by atoms with Gasteiger partial charge in [-0.1, -0.05) is 11.6 Å². The molecule has 1 aromatic carbocycles. The number of carboxylic acid groups (broad SMARTS) is 1. The third-order valence-electron chi connectivity index (χ3n) is 2.89. The summed E-state index contributed by atoms with van der Waals surface area (Å²) >= 11 is 5.80. The van der Waals surface area contributed by atoms with Crippen LogP contribution in [0.5, 0.6) is 5.75 Å². The molecule has 0 radical (unpaired) electrons. The van der Waals surface area contributed by atoms with Crippen molar-refractivity contribution in [3.05, 3.63) is 29.3 Å². The van der Waals surface area contributed by atoms with Crippen LogP contribution in [-0.2, 0) is 9.59 Å². The van der Waals surface area contributed by atoms with E-state index in [0.717, 1.165) is 0 Å². The zero-order valence-corrected chi connectivity index (χ0v) is 13.3. The van der Waals surface area contributed by atoms with Crippen LogP contribution >= 0.6 is 11.6 Å². The van der Waals surface area contributed by atoms with Gasteiger partial charge in [-0.25, -0.2) is 0 Å². The largest absolute Gasteiger partial charge is 0.480 e.